The zero-order valence-electron chi connectivity index (χ0n) is 16.1. The van der Waals surface area contributed by atoms with Gasteiger partial charge in [-0.3, -0.25) is 9.59 Å². The molecular formula is C20H24N4O3S. The average Bonchev–Trinajstić information content (AvgIpc) is 2.62. The van der Waals surface area contributed by atoms with E-state index >= 15 is 0 Å². The molecular weight excluding hydrogens is 376 g/mol. The largest absolute Gasteiger partial charge is 0.352 e. The molecule has 0 heterocycles. The summed E-state index contributed by atoms with van der Waals surface area (Å²) in [5, 5.41) is 5.36. The van der Waals surface area contributed by atoms with Crippen molar-refractivity contribution in [1.82, 2.24) is 10.2 Å². The van der Waals surface area contributed by atoms with Gasteiger partial charge in [-0.05, 0) is 54.1 Å². The molecule has 7 nitrogen and oxygen atoms in total. The van der Waals surface area contributed by atoms with Crippen LogP contribution in [0.3, 0.4) is 0 Å². The molecule has 1 atom stereocenters. The van der Waals surface area contributed by atoms with Crippen molar-refractivity contribution in [2.45, 2.75) is 24.3 Å². The SMILES string of the molecule is Cc1ccccc1C(CC(=O)Nc1ccc(SC(=O)N(C)C)cc1)NC(N)=O. The van der Waals surface area contributed by atoms with Gasteiger partial charge in [0.05, 0.1) is 12.5 Å². The Morgan fingerprint density at radius 1 is 1.07 bits per heavy atom. The van der Waals surface area contributed by atoms with E-state index < -0.39 is 12.1 Å². The first kappa shape index (κ1) is 21.3. The number of carbonyl (C=O) groups is 3. The van der Waals surface area contributed by atoms with Crippen molar-refractivity contribution >= 4 is 34.6 Å². The average molecular weight is 401 g/mol. The summed E-state index contributed by atoms with van der Waals surface area (Å²) in [5.41, 5.74) is 7.67. The lowest BCUT2D eigenvalue weighted by atomic mass is 9.98. The molecule has 0 saturated heterocycles. The number of amides is 4. The van der Waals surface area contributed by atoms with Gasteiger partial charge in [-0.1, -0.05) is 24.3 Å². The second-order valence-corrected chi connectivity index (χ2v) is 7.48. The molecule has 0 aliphatic rings. The van der Waals surface area contributed by atoms with E-state index in [2.05, 4.69) is 10.6 Å². The zero-order chi connectivity index (χ0) is 20.7. The second kappa shape index (κ2) is 9.80. The van der Waals surface area contributed by atoms with Crippen LogP contribution in [0.4, 0.5) is 15.3 Å². The summed E-state index contributed by atoms with van der Waals surface area (Å²) in [6.45, 7) is 1.91. The van der Waals surface area contributed by atoms with E-state index in [1.54, 1.807) is 38.4 Å². The fraction of sp³-hybridized carbons (Fsp3) is 0.250. The molecule has 8 heteroatoms. The number of rotatable bonds is 6. The second-order valence-electron chi connectivity index (χ2n) is 6.46. The Morgan fingerprint density at radius 2 is 1.71 bits per heavy atom. The lowest BCUT2D eigenvalue weighted by Crippen LogP contribution is -2.35. The number of anilines is 1. The highest BCUT2D eigenvalue weighted by molar-refractivity contribution is 8.13. The van der Waals surface area contributed by atoms with Crippen molar-refractivity contribution < 1.29 is 14.4 Å². The standard InChI is InChI=1S/C20H24N4O3S/c1-13-6-4-5-7-16(13)17(23-19(21)26)12-18(25)22-14-8-10-15(11-9-14)28-20(27)24(2)3/h4-11,17H,12H2,1-3H3,(H,22,25)(H3,21,23,26). The number of carbonyl (C=O) groups excluding carboxylic acids is 3. The molecule has 2 aromatic rings. The molecule has 1 unspecified atom stereocenters. The zero-order valence-corrected chi connectivity index (χ0v) is 16.9. The van der Waals surface area contributed by atoms with Crippen molar-refractivity contribution in [2.24, 2.45) is 5.73 Å². The minimum Gasteiger partial charge on any atom is -0.352 e. The Kier molecular flexibility index (Phi) is 7.45. The number of nitrogens with zero attached hydrogens (tertiary/aromatic N) is 1. The monoisotopic (exact) mass is 400 g/mol. The summed E-state index contributed by atoms with van der Waals surface area (Å²) in [5.74, 6) is -0.258. The van der Waals surface area contributed by atoms with E-state index in [9.17, 15) is 14.4 Å². The first-order valence-corrected chi connectivity index (χ1v) is 9.48. The van der Waals surface area contributed by atoms with E-state index in [4.69, 9.17) is 5.73 Å². The van der Waals surface area contributed by atoms with Crippen LogP contribution in [0, 0.1) is 6.92 Å². The van der Waals surface area contributed by atoms with Gasteiger partial charge in [0.1, 0.15) is 0 Å². The van der Waals surface area contributed by atoms with Crippen molar-refractivity contribution in [1.29, 1.82) is 0 Å². The highest BCUT2D eigenvalue weighted by Crippen LogP contribution is 2.24. The third-order valence-electron chi connectivity index (χ3n) is 3.98. The summed E-state index contributed by atoms with van der Waals surface area (Å²) in [6.07, 6.45) is 0.0450. The van der Waals surface area contributed by atoms with Crippen LogP contribution < -0.4 is 16.4 Å². The summed E-state index contributed by atoms with van der Waals surface area (Å²) in [4.78, 5) is 37.8. The smallest absolute Gasteiger partial charge is 0.312 e. The molecule has 0 saturated carbocycles. The Labute approximate surface area is 168 Å². The first-order chi connectivity index (χ1) is 13.3. The Bertz CT molecular complexity index is 853. The maximum atomic E-state index is 12.5. The number of aryl methyl sites for hydroxylation is 1. The third-order valence-corrected chi connectivity index (χ3v) is 5.03. The van der Waals surface area contributed by atoms with Gasteiger partial charge in [-0.2, -0.15) is 0 Å². The van der Waals surface area contributed by atoms with Crippen LogP contribution in [0.15, 0.2) is 53.4 Å². The third kappa shape index (κ3) is 6.31. The van der Waals surface area contributed by atoms with E-state index in [1.807, 2.05) is 31.2 Å². The van der Waals surface area contributed by atoms with Gasteiger partial charge in [0.25, 0.3) is 5.24 Å². The van der Waals surface area contributed by atoms with Crippen molar-refractivity contribution in [2.75, 3.05) is 19.4 Å². The normalized spacial score (nSPS) is 11.4. The quantitative estimate of drug-likeness (QED) is 0.645. The van der Waals surface area contributed by atoms with Gasteiger partial charge in [-0.15, -0.1) is 0 Å². The fourth-order valence-electron chi connectivity index (χ4n) is 2.58. The highest BCUT2D eigenvalue weighted by Gasteiger charge is 2.19. The molecule has 0 aliphatic heterocycles. The minimum atomic E-state index is -0.687. The number of nitrogens with two attached hydrogens (primary N) is 1. The predicted molar refractivity (Wildman–Crippen MR) is 111 cm³/mol. The Hall–Kier alpha value is -3.00. The molecule has 0 spiro atoms. The van der Waals surface area contributed by atoms with Gasteiger partial charge < -0.3 is 21.3 Å². The van der Waals surface area contributed by atoms with Gasteiger partial charge in [-0.25, -0.2) is 4.79 Å². The molecule has 0 fully saturated rings. The van der Waals surface area contributed by atoms with Crippen molar-refractivity contribution in [3.63, 3.8) is 0 Å². The van der Waals surface area contributed by atoms with E-state index in [-0.39, 0.29) is 17.6 Å². The number of benzene rings is 2. The Morgan fingerprint density at radius 3 is 2.29 bits per heavy atom. The maximum absolute atomic E-state index is 12.5. The van der Waals surface area contributed by atoms with Crippen LogP contribution in [-0.4, -0.2) is 36.2 Å². The van der Waals surface area contributed by atoms with Crippen LogP contribution in [0.1, 0.15) is 23.6 Å². The topological polar surface area (TPSA) is 105 Å². The molecule has 0 bridgehead atoms. The predicted octanol–water partition coefficient (Wildman–Crippen LogP) is 3.51. The van der Waals surface area contributed by atoms with E-state index in [0.29, 0.717) is 5.69 Å². The minimum absolute atomic E-state index is 0.0450. The summed E-state index contributed by atoms with van der Waals surface area (Å²) < 4.78 is 0. The number of hydrogen-bond donors (Lipinski definition) is 3. The van der Waals surface area contributed by atoms with Crippen molar-refractivity contribution in [3.05, 3.63) is 59.7 Å². The number of nitrogens with one attached hydrogen (secondary N) is 2. The van der Waals surface area contributed by atoms with Gasteiger partial charge >= 0.3 is 6.03 Å². The molecule has 0 aliphatic carbocycles. The summed E-state index contributed by atoms with van der Waals surface area (Å²) in [7, 11) is 3.38. The lowest BCUT2D eigenvalue weighted by Gasteiger charge is -2.19. The van der Waals surface area contributed by atoms with Crippen LogP contribution in [0.25, 0.3) is 0 Å². The number of hydrogen-bond acceptors (Lipinski definition) is 4. The maximum Gasteiger partial charge on any atom is 0.312 e. The van der Waals surface area contributed by atoms with Crippen LogP contribution >= 0.6 is 11.8 Å². The van der Waals surface area contributed by atoms with Gasteiger partial charge in [0.15, 0.2) is 0 Å². The summed E-state index contributed by atoms with van der Waals surface area (Å²) >= 11 is 1.11. The molecule has 28 heavy (non-hydrogen) atoms. The van der Waals surface area contributed by atoms with Crippen molar-refractivity contribution in [3.8, 4) is 0 Å². The van der Waals surface area contributed by atoms with E-state index in [1.165, 1.54) is 4.90 Å². The lowest BCUT2D eigenvalue weighted by molar-refractivity contribution is -0.116. The number of thioether (sulfide) groups is 1. The van der Waals surface area contributed by atoms with Crippen LogP contribution in [0.2, 0.25) is 0 Å². The first-order valence-electron chi connectivity index (χ1n) is 8.67. The highest BCUT2D eigenvalue weighted by atomic mass is 32.2. The van der Waals surface area contributed by atoms with E-state index in [0.717, 1.165) is 27.8 Å². The molecule has 0 aromatic heterocycles. The fourth-order valence-corrected chi connectivity index (χ4v) is 3.24. The summed E-state index contributed by atoms with van der Waals surface area (Å²) in [6, 6.07) is 13.3. The van der Waals surface area contributed by atoms with Gasteiger partial charge in [0.2, 0.25) is 5.91 Å². The number of primary amides is 1. The Balaban J connectivity index is 2.03. The molecule has 148 valence electrons. The molecule has 4 N–H and O–H groups in total. The molecule has 2 rings (SSSR count). The van der Waals surface area contributed by atoms with Crippen LogP contribution in [0.5, 0.6) is 0 Å². The molecule has 2 aromatic carbocycles. The molecule has 4 amide bonds. The molecule has 0 radical (unpaired) electrons. The van der Waals surface area contributed by atoms with Gasteiger partial charge in [0, 0.05) is 24.7 Å². The van der Waals surface area contributed by atoms with Crippen LogP contribution in [-0.2, 0) is 4.79 Å². The number of urea groups is 1.